The summed E-state index contributed by atoms with van der Waals surface area (Å²) < 4.78 is 0. The highest BCUT2D eigenvalue weighted by Gasteiger charge is 2.17. The molecule has 0 fully saturated rings. The second-order valence-electron chi connectivity index (χ2n) is 4.87. The van der Waals surface area contributed by atoms with Crippen LogP contribution >= 0.6 is 0 Å². The molecular formula is C15H16N2O4. The Balaban J connectivity index is 1.90. The van der Waals surface area contributed by atoms with Gasteiger partial charge in [-0.1, -0.05) is 18.2 Å². The lowest BCUT2D eigenvalue weighted by molar-refractivity contribution is -0.138. The molecule has 1 atom stereocenters. The highest BCUT2D eigenvalue weighted by atomic mass is 16.4. The number of carbonyl (C=O) groups is 3. The number of aldehydes is 1. The maximum absolute atomic E-state index is 11.8. The Labute approximate surface area is 121 Å². The molecule has 6 heteroatoms. The molecule has 0 spiro atoms. The van der Waals surface area contributed by atoms with Gasteiger partial charge >= 0.3 is 5.97 Å². The molecule has 0 aromatic heterocycles. The topological polar surface area (TPSA) is 95.5 Å². The van der Waals surface area contributed by atoms with Gasteiger partial charge in [0.1, 0.15) is 6.29 Å². The molecule has 6 nitrogen and oxygen atoms in total. The molecule has 1 aliphatic rings. The number of amides is 1. The van der Waals surface area contributed by atoms with Crippen molar-refractivity contribution in [1.82, 2.24) is 5.32 Å². The molecule has 0 saturated heterocycles. The van der Waals surface area contributed by atoms with Gasteiger partial charge in [-0.2, -0.15) is 0 Å². The minimum atomic E-state index is -1.13. The number of rotatable bonds is 6. The van der Waals surface area contributed by atoms with Crippen molar-refractivity contribution in [2.24, 2.45) is 0 Å². The minimum Gasteiger partial charge on any atom is -0.481 e. The summed E-state index contributed by atoms with van der Waals surface area (Å²) >= 11 is 0. The third kappa shape index (κ3) is 4.17. The highest BCUT2D eigenvalue weighted by molar-refractivity contribution is 5.84. The summed E-state index contributed by atoms with van der Waals surface area (Å²) in [7, 11) is 0. The summed E-state index contributed by atoms with van der Waals surface area (Å²) in [5.74, 6) is -1.49. The number of para-hydroxylation sites is 1. The van der Waals surface area contributed by atoms with Gasteiger partial charge in [0.15, 0.2) is 0 Å². The van der Waals surface area contributed by atoms with Crippen LogP contribution in [0.5, 0.6) is 0 Å². The molecule has 1 aromatic carbocycles. The first-order valence-electron chi connectivity index (χ1n) is 6.57. The molecule has 0 saturated carbocycles. The van der Waals surface area contributed by atoms with Crippen molar-refractivity contribution >= 4 is 23.9 Å². The highest BCUT2D eigenvalue weighted by Crippen LogP contribution is 2.24. The summed E-state index contributed by atoms with van der Waals surface area (Å²) in [6.07, 6.45) is 2.59. The Bertz CT molecular complexity index is 595. The first-order chi connectivity index (χ1) is 10.1. The van der Waals surface area contributed by atoms with Crippen LogP contribution in [0.25, 0.3) is 0 Å². The molecule has 1 heterocycles. The fourth-order valence-electron chi connectivity index (χ4n) is 2.19. The van der Waals surface area contributed by atoms with Crippen LogP contribution in [0.4, 0.5) is 5.69 Å². The molecule has 2 rings (SSSR count). The molecular weight excluding hydrogens is 272 g/mol. The third-order valence-corrected chi connectivity index (χ3v) is 3.16. The number of anilines is 1. The van der Waals surface area contributed by atoms with Crippen molar-refractivity contribution in [3.63, 3.8) is 0 Å². The number of hydrogen-bond donors (Lipinski definition) is 3. The lowest BCUT2D eigenvalue weighted by atomic mass is 9.98. The van der Waals surface area contributed by atoms with Gasteiger partial charge in [-0.3, -0.25) is 9.59 Å². The van der Waals surface area contributed by atoms with Gasteiger partial charge in [0.2, 0.25) is 5.91 Å². The standard InChI is InChI=1S/C15H16N2O4/c18-9-12(7-15(20)21)17-14(19)6-10-5-11-3-1-2-4-13(11)16-8-10/h1-4,8-9,12,16H,5-7H2,(H,17,19)(H,20,21). The minimum absolute atomic E-state index is 0.130. The Kier molecular flexibility index (Phi) is 4.71. The number of fused-ring (bicyclic) bond motifs is 1. The Morgan fingerprint density at radius 3 is 2.86 bits per heavy atom. The van der Waals surface area contributed by atoms with E-state index in [-0.39, 0.29) is 12.3 Å². The number of carboxylic acids is 1. The van der Waals surface area contributed by atoms with Crippen LogP contribution in [0.1, 0.15) is 18.4 Å². The molecule has 1 aromatic rings. The zero-order valence-corrected chi connectivity index (χ0v) is 11.3. The zero-order valence-electron chi connectivity index (χ0n) is 11.3. The number of carbonyl (C=O) groups excluding carboxylic acids is 2. The molecule has 0 bridgehead atoms. The maximum atomic E-state index is 11.8. The van der Waals surface area contributed by atoms with Gasteiger partial charge in [0.05, 0.1) is 12.5 Å². The Hall–Kier alpha value is -2.63. The molecule has 21 heavy (non-hydrogen) atoms. The van der Waals surface area contributed by atoms with E-state index in [9.17, 15) is 14.4 Å². The summed E-state index contributed by atoms with van der Waals surface area (Å²) in [4.78, 5) is 33.1. The first-order valence-corrected chi connectivity index (χ1v) is 6.57. The van der Waals surface area contributed by atoms with Crippen LogP contribution in [-0.2, 0) is 20.8 Å². The van der Waals surface area contributed by atoms with Crippen LogP contribution in [-0.4, -0.2) is 29.3 Å². The van der Waals surface area contributed by atoms with Gasteiger partial charge in [-0.15, -0.1) is 0 Å². The molecule has 1 aliphatic heterocycles. The van der Waals surface area contributed by atoms with E-state index in [1.54, 1.807) is 6.20 Å². The van der Waals surface area contributed by atoms with E-state index >= 15 is 0 Å². The number of nitrogens with one attached hydrogen (secondary N) is 2. The normalized spacial score (nSPS) is 14.2. The van der Waals surface area contributed by atoms with Crippen LogP contribution < -0.4 is 10.6 Å². The van der Waals surface area contributed by atoms with E-state index < -0.39 is 18.4 Å². The van der Waals surface area contributed by atoms with E-state index in [1.165, 1.54) is 0 Å². The lowest BCUT2D eigenvalue weighted by Gasteiger charge is -2.18. The second kappa shape index (κ2) is 6.69. The van der Waals surface area contributed by atoms with Crippen LogP contribution in [0.3, 0.4) is 0 Å². The maximum Gasteiger partial charge on any atom is 0.305 e. The average Bonchev–Trinajstić information content (AvgIpc) is 2.45. The average molecular weight is 288 g/mol. The summed E-state index contributed by atoms with van der Waals surface area (Å²) in [5, 5.41) is 14.2. The smallest absolute Gasteiger partial charge is 0.305 e. The summed E-state index contributed by atoms with van der Waals surface area (Å²) in [6, 6.07) is 6.81. The first kappa shape index (κ1) is 14.8. The van der Waals surface area contributed by atoms with Crippen molar-refractivity contribution in [2.45, 2.75) is 25.3 Å². The lowest BCUT2D eigenvalue weighted by Crippen LogP contribution is -2.37. The van der Waals surface area contributed by atoms with E-state index in [0.29, 0.717) is 12.7 Å². The molecule has 0 radical (unpaired) electrons. The largest absolute Gasteiger partial charge is 0.481 e. The fraction of sp³-hybridized carbons (Fsp3) is 0.267. The Morgan fingerprint density at radius 1 is 1.38 bits per heavy atom. The number of carboxylic acid groups (broad SMARTS) is 1. The third-order valence-electron chi connectivity index (χ3n) is 3.16. The quantitative estimate of drug-likeness (QED) is 0.681. The van der Waals surface area contributed by atoms with Gasteiger partial charge in [0, 0.05) is 18.3 Å². The van der Waals surface area contributed by atoms with Crippen LogP contribution in [0, 0.1) is 0 Å². The molecule has 1 unspecified atom stereocenters. The van der Waals surface area contributed by atoms with Crippen molar-refractivity contribution in [1.29, 1.82) is 0 Å². The van der Waals surface area contributed by atoms with E-state index in [1.807, 2.05) is 24.3 Å². The molecule has 110 valence electrons. The number of benzene rings is 1. The van der Waals surface area contributed by atoms with Crippen LogP contribution in [0.2, 0.25) is 0 Å². The van der Waals surface area contributed by atoms with E-state index in [2.05, 4.69) is 10.6 Å². The molecule has 3 N–H and O–H groups in total. The monoisotopic (exact) mass is 288 g/mol. The van der Waals surface area contributed by atoms with Crippen LogP contribution in [0.15, 0.2) is 36.0 Å². The van der Waals surface area contributed by atoms with Crippen molar-refractivity contribution in [2.75, 3.05) is 5.32 Å². The van der Waals surface area contributed by atoms with Crippen molar-refractivity contribution in [3.8, 4) is 0 Å². The van der Waals surface area contributed by atoms with Gasteiger partial charge in [-0.25, -0.2) is 0 Å². The predicted octanol–water partition coefficient (Wildman–Crippen LogP) is 1.09. The zero-order chi connectivity index (χ0) is 15.2. The molecule has 0 aliphatic carbocycles. The number of hydrogen-bond acceptors (Lipinski definition) is 4. The fourth-order valence-corrected chi connectivity index (χ4v) is 2.19. The van der Waals surface area contributed by atoms with Crippen molar-refractivity contribution in [3.05, 3.63) is 41.6 Å². The van der Waals surface area contributed by atoms with E-state index in [4.69, 9.17) is 5.11 Å². The Morgan fingerprint density at radius 2 is 2.14 bits per heavy atom. The van der Waals surface area contributed by atoms with E-state index in [0.717, 1.165) is 16.8 Å². The van der Waals surface area contributed by atoms with Gasteiger partial charge in [-0.05, 0) is 23.6 Å². The van der Waals surface area contributed by atoms with Crippen molar-refractivity contribution < 1.29 is 19.5 Å². The molecule has 1 amide bonds. The van der Waals surface area contributed by atoms with Gasteiger partial charge in [0.25, 0.3) is 0 Å². The SMILES string of the molecule is O=CC(CC(=O)O)NC(=O)CC1=CNc2ccccc2C1. The second-order valence-corrected chi connectivity index (χ2v) is 4.87. The summed E-state index contributed by atoms with van der Waals surface area (Å²) in [6.45, 7) is 0. The predicted molar refractivity (Wildman–Crippen MR) is 76.7 cm³/mol. The summed E-state index contributed by atoms with van der Waals surface area (Å²) in [5.41, 5.74) is 2.99. The number of aliphatic carboxylic acids is 1. The van der Waals surface area contributed by atoms with Gasteiger partial charge < -0.3 is 20.5 Å².